The molecule has 33 heavy (non-hydrogen) atoms. The Morgan fingerprint density at radius 3 is 2.06 bits per heavy atom. The third-order valence-electron chi connectivity index (χ3n) is 5.68. The van der Waals surface area contributed by atoms with Crippen LogP contribution in [0.5, 0.6) is 0 Å². The fourth-order valence-electron chi connectivity index (χ4n) is 3.52. The van der Waals surface area contributed by atoms with E-state index in [1.165, 1.54) is 6.33 Å². The van der Waals surface area contributed by atoms with E-state index in [-0.39, 0.29) is 29.2 Å². The molecule has 3 aromatic rings. The first-order chi connectivity index (χ1) is 15.6. The first kappa shape index (κ1) is 24.2. The van der Waals surface area contributed by atoms with Crippen LogP contribution < -0.4 is 10.6 Å². The van der Waals surface area contributed by atoms with Gasteiger partial charge >= 0.3 is 0 Å². The minimum atomic E-state index is -0.642. The Morgan fingerprint density at radius 1 is 0.909 bits per heavy atom. The van der Waals surface area contributed by atoms with Crippen molar-refractivity contribution in [2.45, 2.75) is 59.0 Å². The van der Waals surface area contributed by atoms with Gasteiger partial charge in [-0.25, -0.2) is 9.67 Å². The number of benzene rings is 2. The lowest BCUT2D eigenvalue weighted by molar-refractivity contribution is -0.124. The van der Waals surface area contributed by atoms with Gasteiger partial charge in [0.1, 0.15) is 18.7 Å². The van der Waals surface area contributed by atoms with Crippen LogP contribution in [-0.2, 0) is 10.2 Å². The number of amides is 2. The molecule has 0 aliphatic rings. The molecule has 0 aliphatic carbocycles. The van der Waals surface area contributed by atoms with Crippen LogP contribution in [0, 0.1) is 5.92 Å². The Hall–Kier alpha value is -3.48. The summed E-state index contributed by atoms with van der Waals surface area (Å²) in [6.07, 6.45) is 3.11. The van der Waals surface area contributed by atoms with Gasteiger partial charge in [-0.1, -0.05) is 58.9 Å². The standard InChI is InChI=1S/C26H33N5O2/c1-17(2)23(30-24(32)20-7-11-21(12-8-20)26(4,5)6)25(33)29-18(3)19-9-13-22(14-10-19)31-16-27-15-28-31/h7-18,23H,1-6H3,(H,29,33)(H,30,32)/t18-,23-/m0/s1. The van der Waals surface area contributed by atoms with Crippen LogP contribution >= 0.6 is 0 Å². The largest absolute Gasteiger partial charge is 0.348 e. The monoisotopic (exact) mass is 447 g/mol. The van der Waals surface area contributed by atoms with E-state index in [1.54, 1.807) is 11.0 Å². The topological polar surface area (TPSA) is 88.9 Å². The second-order valence-corrected chi connectivity index (χ2v) is 9.68. The molecule has 3 rings (SSSR count). The molecular formula is C26H33N5O2. The molecule has 0 bridgehead atoms. The van der Waals surface area contributed by atoms with Crippen LogP contribution in [0.25, 0.3) is 5.69 Å². The maximum atomic E-state index is 13.0. The van der Waals surface area contributed by atoms with Gasteiger partial charge in [-0.15, -0.1) is 0 Å². The van der Waals surface area contributed by atoms with Gasteiger partial charge in [-0.05, 0) is 53.6 Å². The maximum Gasteiger partial charge on any atom is 0.251 e. The summed E-state index contributed by atoms with van der Waals surface area (Å²) in [5.74, 6) is -0.531. The molecule has 0 fully saturated rings. The molecule has 0 unspecified atom stereocenters. The molecule has 2 aromatic carbocycles. The van der Waals surface area contributed by atoms with E-state index in [9.17, 15) is 9.59 Å². The number of nitrogens with one attached hydrogen (secondary N) is 2. The van der Waals surface area contributed by atoms with Gasteiger partial charge in [-0.3, -0.25) is 9.59 Å². The van der Waals surface area contributed by atoms with Crippen molar-refractivity contribution in [2.75, 3.05) is 0 Å². The van der Waals surface area contributed by atoms with Gasteiger partial charge in [0.15, 0.2) is 0 Å². The Kier molecular flexibility index (Phi) is 7.31. The molecule has 0 aliphatic heterocycles. The minimum Gasteiger partial charge on any atom is -0.348 e. The third-order valence-corrected chi connectivity index (χ3v) is 5.68. The molecule has 0 saturated carbocycles. The molecule has 2 atom stereocenters. The van der Waals surface area contributed by atoms with Crippen molar-refractivity contribution in [3.05, 3.63) is 77.9 Å². The van der Waals surface area contributed by atoms with E-state index < -0.39 is 6.04 Å². The van der Waals surface area contributed by atoms with E-state index in [0.29, 0.717) is 5.56 Å². The summed E-state index contributed by atoms with van der Waals surface area (Å²) in [5, 5.41) is 10.1. The van der Waals surface area contributed by atoms with Crippen LogP contribution in [0.4, 0.5) is 0 Å². The average Bonchev–Trinajstić information content (AvgIpc) is 3.31. The van der Waals surface area contributed by atoms with E-state index in [2.05, 4.69) is 41.5 Å². The summed E-state index contributed by atoms with van der Waals surface area (Å²) in [5.41, 5.74) is 3.55. The van der Waals surface area contributed by atoms with E-state index in [1.807, 2.05) is 69.3 Å². The molecule has 1 aromatic heterocycles. The zero-order chi connectivity index (χ0) is 24.2. The van der Waals surface area contributed by atoms with E-state index in [0.717, 1.165) is 16.8 Å². The fraction of sp³-hybridized carbons (Fsp3) is 0.385. The van der Waals surface area contributed by atoms with Crippen LogP contribution in [-0.4, -0.2) is 32.6 Å². The number of nitrogens with zero attached hydrogens (tertiary/aromatic N) is 3. The molecule has 174 valence electrons. The van der Waals surface area contributed by atoms with Gasteiger partial charge in [0.25, 0.3) is 5.91 Å². The summed E-state index contributed by atoms with van der Waals surface area (Å²) < 4.78 is 1.67. The van der Waals surface area contributed by atoms with Gasteiger partial charge in [0, 0.05) is 5.56 Å². The summed E-state index contributed by atoms with van der Waals surface area (Å²) in [6.45, 7) is 12.2. The summed E-state index contributed by atoms with van der Waals surface area (Å²) >= 11 is 0. The van der Waals surface area contributed by atoms with Gasteiger partial charge in [0.05, 0.1) is 11.7 Å². The zero-order valence-electron chi connectivity index (χ0n) is 20.2. The number of carbonyl (C=O) groups excluding carboxylic acids is 2. The Labute approximate surface area is 195 Å². The second kappa shape index (κ2) is 9.98. The smallest absolute Gasteiger partial charge is 0.251 e. The number of rotatable bonds is 7. The van der Waals surface area contributed by atoms with Crippen LogP contribution in [0.15, 0.2) is 61.2 Å². The Morgan fingerprint density at radius 2 is 1.55 bits per heavy atom. The molecule has 0 radical (unpaired) electrons. The molecule has 0 saturated heterocycles. The number of hydrogen-bond acceptors (Lipinski definition) is 4. The van der Waals surface area contributed by atoms with Crippen molar-refractivity contribution in [3.8, 4) is 5.69 Å². The molecule has 2 N–H and O–H groups in total. The van der Waals surface area contributed by atoms with Gasteiger partial charge in [-0.2, -0.15) is 5.10 Å². The Bertz CT molecular complexity index is 1070. The van der Waals surface area contributed by atoms with E-state index in [4.69, 9.17) is 0 Å². The predicted molar refractivity (Wildman–Crippen MR) is 129 cm³/mol. The lowest BCUT2D eigenvalue weighted by atomic mass is 9.86. The van der Waals surface area contributed by atoms with Crippen molar-refractivity contribution >= 4 is 11.8 Å². The highest BCUT2D eigenvalue weighted by Crippen LogP contribution is 2.22. The average molecular weight is 448 g/mol. The van der Waals surface area contributed by atoms with Crippen LogP contribution in [0.1, 0.15) is 69.1 Å². The van der Waals surface area contributed by atoms with Crippen LogP contribution in [0.2, 0.25) is 0 Å². The van der Waals surface area contributed by atoms with Crippen molar-refractivity contribution in [1.82, 2.24) is 25.4 Å². The lowest BCUT2D eigenvalue weighted by Gasteiger charge is -2.24. The summed E-state index contributed by atoms with van der Waals surface area (Å²) in [7, 11) is 0. The first-order valence-corrected chi connectivity index (χ1v) is 11.2. The summed E-state index contributed by atoms with van der Waals surface area (Å²) in [4.78, 5) is 29.8. The molecular weight excluding hydrogens is 414 g/mol. The molecule has 0 spiro atoms. The van der Waals surface area contributed by atoms with Crippen molar-refractivity contribution in [1.29, 1.82) is 0 Å². The number of aromatic nitrogens is 3. The van der Waals surface area contributed by atoms with E-state index >= 15 is 0 Å². The van der Waals surface area contributed by atoms with Crippen molar-refractivity contribution in [3.63, 3.8) is 0 Å². The highest BCUT2D eigenvalue weighted by atomic mass is 16.2. The molecule has 7 heteroatoms. The van der Waals surface area contributed by atoms with Crippen molar-refractivity contribution in [2.24, 2.45) is 5.92 Å². The Balaban J connectivity index is 1.65. The highest BCUT2D eigenvalue weighted by molar-refractivity contribution is 5.97. The SMILES string of the molecule is CC(C)[C@H](NC(=O)c1ccc(C(C)(C)C)cc1)C(=O)N[C@@H](C)c1ccc(-n2cncn2)cc1. The molecule has 1 heterocycles. The lowest BCUT2D eigenvalue weighted by Crippen LogP contribution is -2.50. The normalized spacial score (nSPS) is 13.4. The minimum absolute atomic E-state index is 0.0129. The van der Waals surface area contributed by atoms with Crippen molar-refractivity contribution < 1.29 is 9.59 Å². The molecule has 2 amide bonds. The van der Waals surface area contributed by atoms with Gasteiger partial charge in [0.2, 0.25) is 5.91 Å². The van der Waals surface area contributed by atoms with Crippen LogP contribution in [0.3, 0.4) is 0 Å². The van der Waals surface area contributed by atoms with Gasteiger partial charge < -0.3 is 10.6 Å². The third kappa shape index (κ3) is 6.06. The number of hydrogen-bond donors (Lipinski definition) is 2. The predicted octanol–water partition coefficient (Wildman–Crippen LogP) is 4.20. The first-order valence-electron chi connectivity index (χ1n) is 11.2. The zero-order valence-corrected chi connectivity index (χ0v) is 20.2. The fourth-order valence-corrected chi connectivity index (χ4v) is 3.52. The molecule has 7 nitrogen and oxygen atoms in total. The summed E-state index contributed by atoms with van der Waals surface area (Å²) in [6, 6.07) is 14.4. The maximum absolute atomic E-state index is 13.0. The quantitative estimate of drug-likeness (QED) is 0.568. The number of carbonyl (C=O) groups is 2. The highest BCUT2D eigenvalue weighted by Gasteiger charge is 2.26. The second-order valence-electron chi connectivity index (χ2n) is 9.68.